The molecule has 1 aromatic carbocycles. The summed E-state index contributed by atoms with van der Waals surface area (Å²) >= 11 is 6.19. The average Bonchev–Trinajstić information content (AvgIpc) is 3.02. The van der Waals surface area contributed by atoms with Crippen LogP contribution >= 0.6 is 11.6 Å². The molecule has 6 heteroatoms. The molecule has 5 nitrogen and oxygen atoms in total. The molecule has 0 unspecified atom stereocenters. The highest BCUT2D eigenvalue weighted by Crippen LogP contribution is 2.27. The van der Waals surface area contributed by atoms with Crippen LogP contribution < -0.4 is 5.56 Å². The highest BCUT2D eigenvalue weighted by molar-refractivity contribution is 6.31. The summed E-state index contributed by atoms with van der Waals surface area (Å²) in [5.74, 6) is 0. The predicted molar refractivity (Wildman–Crippen MR) is 96.0 cm³/mol. The number of hydrogen-bond donors (Lipinski definition) is 0. The van der Waals surface area contributed by atoms with Crippen molar-refractivity contribution in [3.8, 4) is 5.69 Å². The minimum absolute atomic E-state index is 0.172. The SMILES string of the molecule is CC(C)n1cc2c(n1)c(=O)n(-c1cccnc1)c1cc(Cl)ccc21. The fraction of sp³-hybridized carbons (Fsp3) is 0.167. The van der Waals surface area contributed by atoms with Crippen LogP contribution in [-0.2, 0) is 0 Å². The highest BCUT2D eigenvalue weighted by Gasteiger charge is 2.16. The van der Waals surface area contributed by atoms with E-state index >= 15 is 0 Å². The number of fused-ring (bicyclic) bond motifs is 3. The Bertz CT molecular complexity index is 1110. The van der Waals surface area contributed by atoms with E-state index in [-0.39, 0.29) is 11.6 Å². The summed E-state index contributed by atoms with van der Waals surface area (Å²) in [6.07, 6.45) is 5.26. The van der Waals surface area contributed by atoms with E-state index in [1.54, 1.807) is 29.1 Å². The summed E-state index contributed by atoms with van der Waals surface area (Å²) in [5.41, 5.74) is 1.71. The molecule has 3 heterocycles. The van der Waals surface area contributed by atoms with E-state index in [1.165, 1.54) is 0 Å². The van der Waals surface area contributed by atoms with Gasteiger partial charge in [0.25, 0.3) is 5.56 Å². The van der Waals surface area contributed by atoms with Gasteiger partial charge in [0.15, 0.2) is 5.52 Å². The van der Waals surface area contributed by atoms with Crippen LogP contribution in [0.3, 0.4) is 0 Å². The van der Waals surface area contributed by atoms with E-state index in [0.717, 1.165) is 16.3 Å². The van der Waals surface area contributed by atoms with Gasteiger partial charge in [0.2, 0.25) is 0 Å². The molecule has 0 fully saturated rings. The lowest BCUT2D eigenvalue weighted by Gasteiger charge is -2.10. The van der Waals surface area contributed by atoms with Gasteiger partial charge in [-0.15, -0.1) is 0 Å². The third-order valence-corrected chi connectivity index (χ3v) is 4.30. The number of halogens is 1. The van der Waals surface area contributed by atoms with Crippen LogP contribution in [0.4, 0.5) is 0 Å². The van der Waals surface area contributed by atoms with Crippen molar-refractivity contribution >= 4 is 33.4 Å². The van der Waals surface area contributed by atoms with Crippen LogP contribution in [0.1, 0.15) is 19.9 Å². The van der Waals surface area contributed by atoms with Crippen LogP contribution in [-0.4, -0.2) is 19.3 Å². The second kappa shape index (κ2) is 5.46. The first-order valence-corrected chi connectivity index (χ1v) is 8.07. The minimum Gasteiger partial charge on any atom is -0.273 e. The summed E-state index contributed by atoms with van der Waals surface area (Å²) in [6, 6.07) is 9.38. The predicted octanol–water partition coefficient (Wildman–Crippen LogP) is 3.97. The number of pyridine rings is 2. The van der Waals surface area contributed by atoms with Crippen LogP contribution in [0.15, 0.2) is 53.7 Å². The van der Waals surface area contributed by atoms with E-state index in [9.17, 15) is 4.79 Å². The molecule has 0 saturated carbocycles. The zero-order chi connectivity index (χ0) is 16.8. The number of benzene rings is 1. The fourth-order valence-electron chi connectivity index (χ4n) is 2.89. The summed E-state index contributed by atoms with van der Waals surface area (Å²) in [6.45, 7) is 4.06. The van der Waals surface area contributed by atoms with Crippen molar-refractivity contribution in [3.05, 3.63) is 64.3 Å². The molecule has 0 radical (unpaired) electrons. The first kappa shape index (κ1) is 14.9. The molecule has 0 bridgehead atoms. The molecule has 0 spiro atoms. The third-order valence-electron chi connectivity index (χ3n) is 4.06. The van der Waals surface area contributed by atoms with Gasteiger partial charge in [0.05, 0.1) is 17.4 Å². The van der Waals surface area contributed by atoms with E-state index in [2.05, 4.69) is 10.1 Å². The molecule has 4 rings (SSSR count). The summed E-state index contributed by atoms with van der Waals surface area (Å²) in [5, 5.41) is 6.85. The molecule has 0 atom stereocenters. The molecule has 0 aliphatic heterocycles. The Morgan fingerprint density at radius 2 is 2.00 bits per heavy atom. The largest absolute Gasteiger partial charge is 0.284 e. The van der Waals surface area contributed by atoms with E-state index in [0.29, 0.717) is 16.2 Å². The highest BCUT2D eigenvalue weighted by atomic mass is 35.5. The average molecular weight is 339 g/mol. The Morgan fingerprint density at radius 3 is 2.71 bits per heavy atom. The van der Waals surface area contributed by atoms with Crippen LogP contribution in [0.2, 0.25) is 5.02 Å². The Labute approximate surface area is 143 Å². The Balaban J connectivity index is 2.22. The van der Waals surface area contributed by atoms with Crippen LogP contribution in [0, 0.1) is 0 Å². The number of nitrogens with zero attached hydrogens (tertiary/aromatic N) is 4. The van der Waals surface area contributed by atoms with Crippen molar-refractivity contribution in [1.82, 2.24) is 19.3 Å². The van der Waals surface area contributed by atoms with Crippen LogP contribution in [0.5, 0.6) is 0 Å². The third kappa shape index (κ3) is 2.20. The molecule has 0 N–H and O–H groups in total. The molecule has 24 heavy (non-hydrogen) atoms. The van der Waals surface area contributed by atoms with Crippen LogP contribution in [0.25, 0.3) is 27.5 Å². The van der Waals surface area contributed by atoms with Gasteiger partial charge in [-0.05, 0) is 38.1 Å². The maximum absolute atomic E-state index is 13.1. The van der Waals surface area contributed by atoms with Gasteiger partial charge in [0.1, 0.15) is 0 Å². The van der Waals surface area contributed by atoms with Crippen molar-refractivity contribution < 1.29 is 0 Å². The summed E-state index contributed by atoms with van der Waals surface area (Å²) < 4.78 is 3.43. The van der Waals surface area contributed by atoms with Crippen molar-refractivity contribution in [3.63, 3.8) is 0 Å². The molecular formula is C18H15ClN4O. The lowest BCUT2D eigenvalue weighted by molar-refractivity contribution is 0.537. The Hall–Kier alpha value is -2.66. The van der Waals surface area contributed by atoms with E-state index < -0.39 is 0 Å². The summed E-state index contributed by atoms with van der Waals surface area (Å²) in [4.78, 5) is 17.2. The Morgan fingerprint density at radius 1 is 1.17 bits per heavy atom. The lowest BCUT2D eigenvalue weighted by atomic mass is 10.1. The minimum atomic E-state index is -0.174. The van der Waals surface area contributed by atoms with Gasteiger partial charge in [0, 0.05) is 34.2 Å². The van der Waals surface area contributed by atoms with E-state index in [1.807, 2.05) is 42.9 Å². The molecule has 0 aliphatic rings. The van der Waals surface area contributed by atoms with Gasteiger partial charge in [-0.3, -0.25) is 19.0 Å². The second-order valence-electron chi connectivity index (χ2n) is 5.98. The first-order valence-electron chi connectivity index (χ1n) is 7.70. The van der Waals surface area contributed by atoms with Crippen molar-refractivity contribution in [2.45, 2.75) is 19.9 Å². The Kier molecular flexibility index (Phi) is 3.39. The number of hydrogen-bond acceptors (Lipinski definition) is 3. The quantitative estimate of drug-likeness (QED) is 0.555. The lowest BCUT2D eigenvalue weighted by Crippen LogP contribution is -2.19. The standard InChI is InChI=1S/C18H15ClN4O/c1-11(2)22-10-15-14-6-5-12(19)8-16(14)23(18(24)17(15)21-22)13-4-3-7-20-9-13/h3-11H,1-2H3. The van der Waals surface area contributed by atoms with Gasteiger partial charge in [-0.1, -0.05) is 17.7 Å². The van der Waals surface area contributed by atoms with E-state index in [4.69, 9.17) is 11.6 Å². The molecule has 0 amide bonds. The number of rotatable bonds is 2. The zero-order valence-electron chi connectivity index (χ0n) is 13.3. The van der Waals surface area contributed by atoms with Gasteiger partial charge in [-0.2, -0.15) is 5.10 Å². The van der Waals surface area contributed by atoms with Crippen molar-refractivity contribution in [2.75, 3.05) is 0 Å². The topological polar surface area (TPSA) is 52.7 Å². The van der Waals surface area contributed by atoms with Crippen molar-refractivity contribution in [2.24, 2.45) is 0 Å². The first-order chi connectivity index (χ1) is 11.6. The maximum Gasteiger partial charge on any atom is 0.284 e. The van der Waals surface area contributed by atoms with Gasteiger partial charge in [-0.25, -0.2) is 0 Å². The smallest absolute Gasteiger partial charge is 0.273 e. The number of aromatic nitrogens is 4. The van der Waals surface area contributed by atoms with Crippen molar-refractivity contribution in [1.29, 1.82) is 0 Å². The second-order valence-corrected chi connectivity index (χ2v) is 6.41. The molecule has 0 aliphatic carbocycles. The molecule has 4 aromatic rings. The molecule has 120 valence electrons. The summed E-state index contributed by atoms with van der Waals surface area (Å²) in [7, 11) is 0. The van der Waals surface area contributed by atoms with Gasteiger partial charge >= 0.3 is 0 Å². The molecule has 0 saturated heterocycles. The molecule has 3 aromatic heterocycles. The monoisotopic (exact) mass is 338 g/mol. The fourth-order valence-corrected chi connectivity index (χ4v) is 3.05. The van der Waals surface area contributed by atoms with Gasteiger partial charge < -0.3 is 0 Å². The maximum atomic E-state index is 13.1. The molecular weight excluding hydrogens is 324 g/mol. The zero-order valence-corrected chi connectivity index (χ0v) is 14.0. The normalized spacial score (nSPS) is 11.7.